The van der Waals surface area contributed by atoms with E-state index in [1.807, 2.05) is 36.5 Å². The molecule has 0 unspecified atom stereocenters. The molecule has 0 amide bonds. The topological polar surface area (TPSA) is 80.1 Å². The first-order valence-electron chi connectivity index (χ1n) is 10.5. The Hall–Kier alpha value is -2.81. The molecule has 2 aromatic rings. The fourth-order valence-corrected chi connectivity index (χ4v) is 5.95. The summed E-state index contributed by atoms with van der Waals surface area (Å²) < 4.78 is 10.9. The van der Waals surface area contributed by atoms with Gasteiger partial charge in [0.25, 0.3) is 0 Å². The summed E-state index contributed by atoms with van der Waals surface area (Å²) in [5, 5.41) is 12.3. The molecule has 1 aromatic carbocycles. The van der Waals surface area contributed by atoms with Crippen molar-refractivity contribution < 1.29 is 9.47 Å². The van der Waals surface area contributed by atoms with Gasteiger partial charge in [-0.25, -0.2) is 4.98 Å². The molecule has 6 heteroatoms. The SMILES string of the molecule is COc1nc(NC2C3CC4CC(C3)CC2C4)ncc1-c1ccc(OCC#N)cc1. The van der Waals surface area contributed by atoms with Gasteiger partial charge < -0.3 is 14.8 Å². The maximum Gasteiger partial charge on any atom is 0.226 e. The molecule has 29 heavy (non-hydrogen) atoms. The van der Waals surface area contributed by atoms with Crippen LogP contribution in [-0.4, -0.2) is 29.7 Å². The van der Waals surface area contributed by atoms with E-state index in [0.717, 1.165) is 34.8 Å². The summed E-state index contributed by atoms with van der Waals surface area (Å²) in [6.45, 7) is 0.0385. The van der Waals surface area contributed by atoms with E-state index in [4.69, 9.17) is 14.7 Å². The highest BCUT2D eigenvalue weighted by Crippen LogP contribution is 2.54. The molecule has 0 aliphatic heterocycles. The van der Waals surface area contributed by atoms with E-state index in [9.17, 15) is 0 Å². The van der Waals surface area contributed by atoms with Crippen molar-refractivity contribution in [3.05, 3.63) is 30.5 Å². The lowest BCUT2D eigenvalue weighted by molar-refractivity contribution is 0.00727. The smallest absolute Gasteiger partial charge is 0.226 e. The molecular formula is C23H26N4O2. The van der Waals surface area contributed by atoms with Gasteiger partial charge in [0, 0.05) is 12.2 Å². The average Bonchev–Trinajstić information content (AvgIpc) is 2.74. The van der Waals surface area contributed by atoms with Crippen LogP contribution in [0.1, 0.15) is 32.1 Å². The molecule has 4 fully saturated rings. The van der Waals surface area contributed by atoms with Crippen molar-refractivity contribution in [3.8, 4) is 28.8 Å². The standard InChI is InChI=1S/C23H26N4O2/c1-28-22-20(16-2-4-19(5-3-16)29-7-6-24)13-25-23(27-22)26-21-17-9-14-8-15(11-17)12-18(21)10-14/h2-5,13-15,17-18,21H,7-12H2,1H3,(H,25,26,27). The van der Waals surface area contributed by atoms with Crippen LogP contribution in [0.4, 0.5) is 5.95 Å². The Balaban J connectivity index is 1.34. The molecule has 4 aliphatic rings. The van der Waals surface area contributed by atoms with Crippen molar-refractivity contribution in [1.82, 2.24) is 9.97 Å². The zero-order valence-electron chi connectivity index (χ0n) is 16.7. The number of benzene rings is 1. The highest BCUT2D eigenvalue weighted by molar-refractivity contribution is 5.69. The third-order valence-electron chi connectivity index (χ3n) is 6.94. The van der Waals surface area contributed by atoms with Crippen LogP contribution in [0, 0.1) is 35.0 Å². The van der Waals surface area contributed by atoms with E-state index in [-0.39, 0.29) is 6.61 Å². The molecule has 4 aliphatic carbocycles. The first kappa shape index (κ1) is 18.2. The van der Waals surface area contributed by atoms with Crippen LogP contribution in [0.5, 0.6) is 11.6 Å². The summed E-state index contributed by atoms with van der Waals surface area (Å²) in [5.74, 6) is 5.33. The quantitative estimate of drug-likeness (QED) is 0.792. The number of rotatable bonds is 6. The summed E-state index contributed by atoms with van der Waals surface area (Å²) in [7, 11) is 1.64. The molecule has 150 valence electrons. The lowest BCUT2D eigenvalue weighted by Crippen LogP contribution is -2.51. The number of nitrogens with one attached hydrogen (secondary N) is 1. The molecule has 1 heterocycles. The molecule has 4 bridgehead atoms. The zero-order valence-corrected chi connectivity index (χ0v) is 16.7. The van der Waals surface area contributed by atoms with Gasteiger partial charge in [0.15, 0.2) is 6.61 Å². The minimum absolute atomic E-state index is 0.0385. The number of methoxy groups -OCH3 is 1. The van der Waals surface area contributed by atoms with Gasteiger partial charge in [-0.1, -0.05) is 12.1 Å². The lowest BCUT2D eigenvalue weighted by Gasteiger charge is -2.54. The van der Waals surface area contributed by atoms with Crippen LogP contribution in [0.25, 0.3) is 11.1 Å². The van der Waals surface area contributed by atoms with Gasteiger partial charge in [0.1, 0.15) is 11.8 Å². The minimum atomic E-state index is 0.0385. The van der Waals surface area contributed by atoms with E-state index in [2.05, 4.69) is 15.3 Å². The number of nitrogens with zero attached hydrogens (tertiary/aromatic N) is 3. The van der Waals surface area contributed by atoms with Gasteiger partial charge in [-0.15, -0.1) is 0 Å². The molecule has 1 N–H and O–H groups in total. The third kappa shape index (κ3) is 3.50. The second kappa shape index (κ2) is 7.55. The van der Waals surface area contributed by atoms with Gasteiger partial charge in [-0.2, -0.15) is 10.2 Å². The summed E-state index contributed by atoms with van der Waals surface area (Å²) in [5.41, 5.74) is 1.79. The van der Waals surface area contributed by atoms with Crippen LogP contribution in [0.3, 0.4) is 0 Å². The summed E-state index contributed by atoms with van der Waals surface area (Å²) >= 11 is 0. The van der Waals surface area contributed by atoms with E-state index in [0.29, 0.717) is 23.6 Å². The molecule has 0 saturated heterocycles. The number of anilines is 1. The first-order chi connectivity index (χ1) is 14.2. The van der Waals surface area contributed by atoms with Crippen molar-refractivity contribution in [3.63, 3.8) is 0 Å². The van der Waals surface area contributed by atoms with Crippen LogP contribution < -0.4 is 14.8 Å². The van der Waals surface area contributed by atoms with Gasteiger partial charge >= 0.3 is 0 Å². The van der Waals surface area contributed by atoms with Crippen LogP contribution in [0.2, 0.25) is 0 Å². The fourth-order valence-electron chi connectivity index (χ4n) is 5.95. The number of hydrogen-bond donors (Lipinski definition) is 1. The Morgan fingerprint density at radius 1 is 1.07 bits per heavy atom. The molecule has 1 aromatic heterocycles. The average molecular weight is 390 g/mol. The summed E-state index contributed by atoms with van der Waals surface area (Å²) in [6, 6.07) is 10.0. The largest absolute Gasteiger partial charge is 0.480 e. The molecule has 6 rings (SSSR count). The number of hydrogen-bond acceptors (Lipinski definition) is 6. The van der Waals surface area contributed by atoms with Gasteiger partial charge in [-0.05, 0) is 73.5 Å². The fraction of sp³-hybridized carbons (Fsp3) is 0.522. The molecule has 0 radical (unpaired) electrons. The minimum Gasteiger partial charge on any atom is -0.480 e. The van der Waals surface area contributed by atoms with Crippen LogP contribution in [-0.2, 0) is 0 Å². The van der Waals surface area contributed by atoms with Gasteiger partial charge in [0.05, 0.1) is 12.7 Å². The number of aromatic nitrogens is 2. The molecule has 6 nitrogen and oxygen atoms in total. The molecule has 0 atom stereocenters. The van der Waals surface area contributed by atoms with Crippen molar-refractivity contribution in [2.45, 2.75) is 38.1 Å². The monoisotopic (exact) mass is 390 g/mol. The van der Waals surface area contributed by atoms with E-state index < -0.39 is 0 Å². The molecular weight excluding hydrogens is 364 g/mol. The third-order valence-corrected chi connectivity index (χ3v) is 6.94. The van der Waals surface area contributed by atoms with E-state index in [1.165, 1.54) is 32.1 Å². The Morgan fingerprint density at radius 3 is 2.38 bits per heavy atom. The normalized spacial score (nSPS) is 29.3. The molecule has 0 spiro atoms. The maximum absolute atomic E-state index is 8.63. The van der Waals surface area contributed by atoms with E-state index in [1.54, 1.807) is 7.11 Å². The van der Waals surface area contributed by atoms with Crippen LogP contribution >= 0.6 is 0 Å². The Morgan fingerprint density at radius 2 is 1.76 bits per heavy atom. The predicted molar refractivity (Wildman–Crippen MR) is 110 cm³/mol. The number of nitriles is 1. The Labute approximate surface area is 171 Å². The van der Waals surface area contributed by atoms with Gasteiger partial charge in [-0.3, -0.25) is 0 Å². The Kier molecular flexibility index (Phi) is 4.75. The van der Waals surface area contributed by atoms with Crippen molar-refractivity contribution in [2.24, 2.45) is 23.7 Å². The second-order valence-corrected chi connectivity index (χ2v) is 8.69. The number of ether oxygens (including phenoxy) is 2. The Bertz CT molecular complexity index is 893. The predicted octanol–water partition coefficient (Wildman–Crippen LogP) is 4.29. The van der Waals surface area contributed by atoms with Crippen molar-refractivity contribution >= 4 is 5.95 Å². The summed E-state index contributed by atoms with van der Waals surface area (Å²) in [6.07, 6.45) is 8.73. The highest BCUT2D eigenvalue weighted by atomic mass is 16.5. The van der Waals surface area contributed by atoms with E-state index >= 15 is 0 Å². The van der Waals surface area contributed by atoms with Crippen molar-refractivity contribution in [1.29, 1.82) is 5.26 Å². The maximum atomic E-state index is 8.63. The lowest BCUT2D eigenvalue weighted by atomic mass is 9.54. The van der Waals surface area contributed by atoms with Gasteiger partial charge in [0.2, 0.25) is 11.8 Å². The molecule has 4 saturated carbocycles. The zero-order chi connectivity index (χ0) is 19.8. The summed E-state index contributed by atoms with van der Waals surface area (Å²) in [4.78, 5) is 9.28. The highest BCUT2D eigenvalue weighted by Gasteiger charge is 2.48. The van der Waals surface area contributed by atoms with Crippen molar-refractivity contribution in [2.75, 3.05) is 19.0 Å². The first-order valence-corrected chi connectivity index (χ1v) is 10.5. The second-order valence-electron chi connectivity index (χ2n) is 8.69. The van der Waals surface area contributed by atoms with Crippen LogP contribution in [0.15, 0.2) is 30.5 Å².